The number of ether oxygens (including phenoxy) is 1. The van der Waals surface area contributed by atoms with Gasteiger partial charge in [0.25, 0.3) is 0 Å². The van der Waals surface area contributed by atoms with Crippen LogP contribution in [0.1, 0.15) is 126 Å². The lowest BCUT2D eigenvalue weighted by molar-refractivity contribution is 0.143. The smallest absolute Gasteiger partial charge is 0.0713 e. The molecule has 1 nitrogen and oxygen atoms in total. The predicted molar refractivity (Wildman–Crippen MR) is 146 cm³/mol. The Morgan fingerprint density at radius 3 is 1.71 bits per heavy atom. The molecule has 0 bridgehead atoms. The van der Waals surface area contributed by atoms with Crippen molar-refractivity contribution in [2.45, 2.75) is 122 Å². The lowest BCUT2D eigenvalue weighted by Gasteiger charge is -2.38. The van der Waals surface area contributed by atoms with Crippen molar-refractivity contribution in [2.24, 2.45) is 29.6 Å². The number of hydrogen-bond acceptors (Lipinski definition) is 1. The average Bonchev–Trinajstić information content (AvgIpc) is 2.89. The molecule has 1 heteroatoms. The second kappa shape index (κ2) is 13.9. The van der Waals surface area contributed by atoms with Crippen molar-refractivity contribution in [1.82, 2.24) is 0 Å². The number of hydrogen-bond donors (Lipinski definition) is 0. The SMILES string of the molecule is C=CCC1CCC(C2CCC(CCCCC3CCC(c4ccc(COC)cc4)CC3)CC2)CC1. The number of unbranched alkanes of at least 4 members (excludes halogenated alkanes) is 1. The first kappa shape index (κ1) is 26.0. The molecule has 0 heterocycles. The third kappa shape index (κ3) is 7.71. The van der Waals surface area contributed by atoms with Gasteiger partial charge in [-0.2, -0.15) is 0 Å². The fourth-order valence-corrected chi connectivity index (χ4v) is 7.78. The van der Waals surface area contributed by atoms with Gasteiger partial charge in [-0.15, -0.1) is 6.58 Å². The zero-order chi connectivity index (χ0) is 23.6. The van der Waals surface area contributed by atoms with Crippen LogP contribution < -0.4 is 0 Å². The van der Waals surface area contributed by atoms with Crippen molar-refractivity contribution in [3.05, 3.63) is 48.0 Å². The van der Waals surface area contributed by atoms with Gasteiger partial charge in [0.1, 0.15) is 0 Å². The molecule has 3 aliphatic carbocycles. The molecule has 0 unspecified atom stereocenters. The fraction of sp³-hybridized carbons (Fsp3) is 0.758. The van der Waals surface area contributed by atoms with E-state index in [-0.39, 0.29) is 0 Å². The highest BCUT2D eigenvalue weighted by Gasteiger charge is 2.30. The van der Waals surface area contributed by atoms with E-state index in [4.69, 9.17) is 4.74 Å². The molecule has 3 fully saturated rings. The van der Waals surface area contributed by atoms with Crippen LogP contribution in [0.15, 0.2) is 36.9 Å². The maximum Gasteiger partial charge on any atom is 0.0713 e. The normalized spacial score (nSPS) is 32.4. The molecule has 0 saturated heterocycles. The molecule has 0 N–H and O–H groups in total. The Morgan fingerprint density at radius 1 is 0.706 bits per heavy atom. The van der Waals surface area contributed by atoms with Crippen LogP contribution in [0.3, 0.4) is 0 Å². The van der Waals surface area contributed by atoms with Gasteiger partial charge in [0, 0.05) is 7.11 Å². The molecule has 0 aromatic heterocycles. The second-order valence-corrected chi connectivity index (χ2v) is 12.3. The summed E-state index contributed by atoms with van der Waals surface area (Å²) in [6.45, 7) is 4.68. The molecule has 0 spiro atoms. The monoisotopic (exact) mass is 464 g/mol. The van der Waals surface area contributed by atoms with E-state index in [0.29, 0.717) is 0 Å². The van der Waals surface area contributed by atoms with Crippen LogP contribution in [0.4, 0.5) is 0 Å². The van der Waals surface area contributed by atoms with E-state index in [9.17, 15) is 0 Å². The summed E-state index contributed by atoms with van der Waals surface area (Å²) in [4.78, 5) is 0. The third-order valence-electron chi connectivity index (χ3n) is 10.0. The minimum Gasteiger partial charge on any atom is -0.380 e. The number of methoxy groups -OCH3 is 1. The third-order valence-corrected chi connectivity index (χ3v) is 10.0. The van der Waals surface area contributed by atoms with E-state index in [0.717, 1.165) is 42.1 Å². The van der Waals surface area contributed by atoms with Crippen molar-refractivity contribution in [1.29, 1.82) is 0 Å². The van der Waals surface area contributed by atoms with Gasteiger partial charge < -0.3 is 4.74 Å². The highest BCUT2D eigenvalue weighted by molar-refractivity contribution is 5.25. The molecule has 1 aromatic rings. The van der Waals surface area contributed by atoms with Gasteiger partial charge in [-0.3, -0.25) is 0 Å². The van der Waals surface area contributed by atoms with Crippen molar-refractivity contribution < 1.29 is 4.74 Å². The average molecular weight is 465 g/mol. The van der Waals surface area contributed by atoms with E-state index in [1.807, 2.05) is 0 Å². The molecule has 0 radical (unpaired) electrons. The fourth-order valence-electron chi connectivity index (χ4n) is 7.78. The van der Waals surface area contributed by atoms with Gasteiger partial charge in [-0.05, 0) is 117 Å². The van der Waals surface area contributed by atoms with Crippen molar-refractivity contribution in [3.8, 4) is 0 Å². The van der Waals surface area contributed by atoms with Crippen molar-refractivity contribution in [3.63, 3.8) is 0 Å². The quantitative estimate of drug-likeness (QED) is 0.234. The summed E-state index contributed by atoms with van der Waals surface area (Å²) < 4.78 is 5.25. The van der Waals surface area contributed by atoms with Gasteiger partial charge in [-0.25, -0.2) is 0 Å². The lowest BCUT2D eigenvalue weighted by Crippen LogP contribution is -2.25. The van der Waals surface area contributed by atoms with Gasteiger partial charge in [-0.1, -0.05) is 68.9 Å². The summed E-state index contributed by atoms with van der Waals surface area (Å²) in [5.74, 6) is 5.90. The standard InChI is InChI=1S/C33H52O/c1-3-6-26-9-17-30(18-10-26)31-19-11-27(12-20-31)7-4-5-8-28-13-21-32(22-14-28)33-23-15-29(16-24-33)25-34-2/h3,15-16,23-24,26-28,30-32H,1,4-14,17-22,25H2,2H3. The Bertz CT molecular complexity index is 682. The van der Waals surface area contributed by atoms with Crippen molar-refractivity contribution in [2.75, 3.05) is 7.11 Å². The maximum absolute atomic E-state index is 5.25. The van der Waals surface area contributed by atoms with Crippen LogP contribution in [0.2, 0.25) is 0 Å². The van der Waals surface area contributed by atoms with Gasteiger partial charge in [0.05, 0.1) is 6.61 Å². The Labute approximate surface area is 211 Å². The van der Waals surface area contributed by atoms with E-state index in [2.05, 4.69) is 36.9 Å². The van der Waals surface area contributed by atoms with E-state index < -0.39 is 0 Å². The zero-order valence-electron chi connectivity index (χ0n) is 22.2. The van der Waals surface area contributed by atoms with E-state index in [1.54, 1.807) is 12.7 Å². The molecular weight excluding hydrogens is 412 g/mol. The van der Waals surface area contributed by atoms with Gasteiger partial charge in [0.15, 0.2) is 0 Å². The van der Waals surface area contributed by atoms with E-state index >= 15 is 0 Å². The largest absolute Gasteiger partial charge is 0.380 e. The minimum absolute atomic E-state index is 0.728. The first-order valence-corrected chi connectivity index (χ1v) is 14.9. The highest BCUT2D eigenvalue weighted by atomic mass is 16.5. The molecule has 1 aromatic carbocycles. The molecule has 34 heavy (non-hydrogen) atoms. The summed E-state index contributed by atoms with van der Waals surface area (Å²) in [6.07, 6.45) is 27.2. The molecular formula is C33H52O. The first-order chi connectivity index (χ1) is 16.7. The van der Waals surface area contributed by atoms with Crippen LogP contribution in [0, 0.1) is 29.6 Å². The van der Waals surface area contributed by atoms with Crippen LogP contribution in [0.25, 0.3) is 0 Å². The predicted octanol–water partition coefficient (Wildman–Crippen LogP) is 9.86. The number of rotatable bonds is 11. The van der Waals surface area contributed by atoms with E-state index in [1.165, 1.54) is 115 Å². The summed E-state index contributed by atoms with van der Waals surface area (Å²) in [5.41, 5.74) is 2.85. The molecule has 190 valence electrons. The van der Waals surface area contributed by atoms with Crippen molar-refractivity contribution >= 4 is 0 Å². The van der Waals surface area contributed by atoms with Crippen LogP contribution >= 0.6 is 0 Å². The summed E-state index contributed by atoms with van der Waals surface area (Å²) in [5, 5.41) is 0. The van der Waals surface area contributed by atoms with Crippen LogP contribution in [0.5, 0.6) is 0 Å². The molecule has 3 aliphatic rings. The Morgan fingerprint density at radius 2 is 1.21 bits per heavy atom. The Kier molecular flexibility index (Phi) is 10.6. The van der Waals surface area contributed by atoms with Crippen LogP contribution in [-0.2, 0) is 11.3 Å². The zero-order valence-corrected chi connectivity index (χ0v) is 22.2. The molecule has 0 aliphatic heterocycles. The van der Waals surface area contributed by atoms with Crippen LogP contribution in [-0.4, -0.2) is 7.11 Å². The molecule has 0 amide bonds. The molecule has 3 saturated carbocycles. The highest BCUT2D eigenvalue weighted by Crippen LogP contribution is 2.43. The number of benzene rings is 1. The summed E-state index contributed by atoms with van der Waals surface area (Å²) in [7, 11) is 1.78. The maximum atomic E-state index is 5.25. The van der Waals surface area contributed by atoms with Gasteiger partial charge >= 0.3 is 0 Å². The topological polar surface area (TPSA) is 9.23 Å². The minimum atomic E-state index is 0.728. The second-order valence-electron chi connectivity index (χ2n) is 12.3. The Hall–Kier alpha value is -1.08. The molecule has 0 atom stereocenters. The number of allylic oxidation sites excluding steroid dienone is 1. The Balaban J connectivity index is 1.05. The van der Waals surface area contributed by atoms with Gasteiger partial charge in [0.2, 0.25) is 0 Å². The summed E-state index contributed by atoms with van der Waals surface area (Å²) in [6, 6.07) is 9.21. The lowest BCUT2D eigenvalue weighted by atomic mass is 9.68. The molecule has 4 rings (SSSR count). The first-order valence-electron chi connectivity index (χ1n) is 14.9. The summed E-state index contributed by atoms with van der Waals surface area (Å²) >= 11 is 0.